The maximum absolute atomic E-state index is 5.24. The van der Waals surface area contributed by atoms with Crippen LogP contribution in [0.1, 0.15) is 55.6 Å². The third-order valence-corrected chi connectivity index (χ3v) is 5.69. The molecule has 124 valence electrons. The van der Waals surface area contributed by atoms with Crippen molar-refractivity contribution in [2.24, 2.45) is 0 Å². The summed E-state index contributed by atoms with van der Waals surface area (Å²) in [5, 5.41) is 0. The minimum Gasteiger partial charge on any atom is -0.427 e. The van der Waals surface area contributed by atoms with Gasteiger partial charge in [-0.1, -0.05) is 92.8 Å². The Balaban J connectivity index is 1.80. The Morgan fingerprint density at radius 3 is 1.83 bits per heavy atom. The van der Waals surface area contributed by atoms with Gasteiger partial charge in [0.15, 0.2) is 9.76 Å². The lowest BCUT2D eigenvalue weighted by molar-refractivity contribution is 0.438. The maximum Gasteiger partial charge on any atom is 0.161 e. The summed E-state index contributed by atoms with van der Waals surface area (Å²) < 4.78 is 5.24. The molecule has 0 fully saturated rings. The Kier molecular flexibility index (Phi) is 8.75. The van der Waals surface area contributed by atoms with Gasteiger partial charge in [0.2, 0.25) is 0 Å². The number of hydrogen-bond donors (Lipinski definition) is 0. The van der Waals surface area contributed by atoms with Crippen molar-refractivity contribution in [1.82, 2.24) is 0 Å². The normalized spacial score (nSPS) is 11.6. The van der Waals surface area contributed by atoms with Crippen molar-refractivity contribution in [3.8, 4) is 0 Å². The van der Waals surface area contributed by atoms with Crippen molar-refractivity contribution >= 4 is 9.76 Å². The molecule has 0 spiro atoms. The van der Waals surface area contributed by atoms with E-state index >= 15 is 0 Å². The van der Waals surface area contributed by atoms with Gasteiger partial charge in [0.1, 0.15) is 0 Å². The van der Waals surface area contributed by atoms with Gasteiger partial charge in [-0.25, -0.2) is 0 Å². The Bertz CT molecular complexity index is 472. The first-order valence-corrected chi connectivity index (χ1v) is 10.6. The summed E-state index contributed by atoms with van der Waals surface area (Å²) in [7, 11) is 1.65. The van der Waals surface area contributed by atoms with Crippen molar-refractivity contribution < 1.29 is 4.43 Å². The first-order chi connectivity index (χ1) is 11.4. The first-order valence-electron chi connectivity index (χ1n) is 9.00. The van der Waals surface area contributed by atoms with Crippen LogP contribution in [0, 0.1) is 0 Å². The largest absolute Gasteiger partial charge is 0.427 e. The lowest BCUT2D eigenvalue weighted by atomic mass is 9.87. The Labute approximate surface area is 144 Å². The average molecular weight is 327 g/mol. The SMILES string of the molecule is CO[SiH2]CCCCCCCC(c1ccccc1)c1ccccc1. The van der Waals surface area contributed by atoms with Crippen LogP contribution in [-0.2, 0) is 4.43 Å². The van der Waals surface area contributed by atoms with E-state index in [0.29, 0.717) is 5.92 Å². The van der Waals surface area contributed by atoms with E-state index in [4.69, 9.17) is 4.43 Å². The van der Waals surface area contributed by atoms with Crippen molar-refractivity contribution in [3.63, 3.8) is 0 Å². The zero-order chi connectivity index (χ0) is 16.2. The highest BCUT2D eigenvalue weighted by atomic mass is 28.2. The molecule has 0 aliphatic heterocycles. The van der Waals surface area contributed by atoms with E-state index in [2.05, 4.69) is 60.7 Å². The van der Waals surface area contributed by atoms with Crippen LogP contribution in [0.15, 0.2) is 60.7 Å². The van der Waals surface area contributed by atoms with Gasteiger partial charge in [-0.15, -0.1) is 0 Å². The summed E-state index contributed by atoms with van der Waals surface area (Å²) in [6.07, 6.45) is 8.02. The molecule has 0 aromatic heterocycles. The molecule has 0 amide bonds. The van der Waals surface area contributed by atoms with E-state index in [-0.39, 0.29) is 9.76 Å². The van der Waals surface area contributed by atoms with Crippen molar-refractivity contribution in [3.05, 3.63) is 71.8 Å². The third kappa shape index (κ3) is 6.72. The summed E-state index contributed by atoms with van der Waals surface area (Å²) in [5.74, 6) is 0.540. The zero-order valence-corrected chi connectivity index (χ0v) is 15.8. The molecular formula is C21H30OSi. The molecular weight excluding hydrogens is 296 g/mol. The molecule has 0 heterocycles. The average Bonchev–Trinajstić information content (AvgIpc) is 2.62. The van der Waals surface area contributed by atoms with Gasteiger partial charge >= 0.3 is 0 Å². The van der Waals surface area contributed by atoms with Crippen LogP contribution >= 0.6 is 0 Å². The fourth-order valence-electron chi connectivity index (χ4n) is 3.20. The van der Waals surface area contributed by atoms with Gasteiger partial charge in [0, 0.05) is 13.0 Å². The van der Waals surface area contributed by atoms with Crippen LogP contribution in [0.2, 0.25) is 6.04 Å². The summed E-state index contributed by atoms with van der Waals surface area (Å²) >= 11 is 0. The highest BCUT2D eigenvalue weighted by molar-refractivity contribution is 6.26. The fourth-order valence-corrected chi connectivity index (χ4v) is 4.04. The molecule has 0 unspecified atom stereocenters. The Hall–Kier alpha value is -1.38. The lowest BCUT2D eigenvalue weighted by Gasteiger charge is -2.18. The Morgan fingerprint density at radius 2 is 1.26 bits per heavy atom. The minimum atomic E-state index is -0.201. The summed E-state index contributed by atoms with van der Waals surface area (Å²) in [6, 6.07) is 23.3. The number of rotatable bonds is 11. The van der Waals surface area contributed by atoms with E-state index in [1.54, 1.807) is 0 Å². The predicted molar refractivity (Wildman–Crippen MR) is 103 cm³/mol. The number of unbranched alkanes of at least 4 members (excludes halogenated alkanes) is 4. The van der Waals surface area contributed by atoms with E-state index in [1.165, 1.54) is 55.7 Å². The van der Waals surface area contributed by atoms with Crippen molar-refractivity contribution in [2.75, 3.05) is 7.11 Å². The summed E-state index contributed by atoms with van der Waals surface area (Å²) in [5.41, 5.74) is 2.90. The van der Waals surface area contributed by atoms with Gasteiger partial charge in [-0.3, -0.25) is 0 Å². The van der Waals surface area contributed by atoms with Crippen LogP contribution in [0.3, 0.4) is 0 Å². The zero-order valence-electron chi connectivity index (χ0n) is 14.4. The molecule has 2 heteroatoms. The van der Waals surface area contributed by atoms with Crippen LogP contribution in [0.25, 0.3) is 0 Å². The maximum atomic E-state index is 5.24. The van der Waals surface area contributed by atoms with Crippen molar-refractivity contribution in [1.29, 1.82) is 0 Å². The van der Waals surface area contributed by atoms with E-state index in [0.717, 1.165) is 0 Å². The van der Waals surface area contributed by atoms with Crippen LogP contribution in [-0.4, -0.2) is 16.9 Å². The topological polar surface area (TPSA) is 9.23 Å². The first kappa shape index (κ1) is 18.0. The second kappa shape index (κ2) is 11.2. The molecule has 0 radical (unpaired) electrons. The lowest BCUT2D eigenvalue weighted by Crippen LogP contribution is -2.01. The van der Waals surface area contributed by atoms with Gasteiger partial charge in [-0.2, -0.15) is 0 Å². The smallest absolute Gasteiger partial charge is 0.161 e. The molecule has 0 atom stereocenters. The highest BCUT2D eigenvalue weighted by Gasteiger charge is 2.13. The Morgan fingerprint density at radius 1 is 0.739 bits per heavy atom. The van der Waals surface area contributed by atoms with Crippen LogP contribution in [0.4, 0.5) is 0 Å². The quantitative estimate of drug-likeness (QED) is 0.402. The van der Waals surface area contributed by atoms with Gasteiger partial charge < -0.3 is 4.43 Å². The van der Waals surface area contributed by atoms with E-state index < -0.39 is 0 Å². The fraction of sp³-hybridized carbons (Fsp3) is 0.429. The second-order valence-corrected chi connectivity index (χ2v) is 7.97. The third-order valence-electron chi connectivity index (χ3n) is 4.50. The number of benzene rings is 2. The molecule has 0 N–H and O–H groups in total. The monoisotopic (exact) mass is 326 g/mol. The molecule has 0 aliphatic carbocycles. The highest BCUT2D eigenvalue weighted by Crippen LogP contribution is 2.29. The predicted octanol–water partition coefficient (Wildman–Crippen LogP) is 5.31. The van der Waals surface area contributed by atoms with Gasteiger partial charge in [0.25, 0.3) is 0 Å². The van der Waals surface area contributed by atoms with Gasteiger partial charge in [-0.05, 0) is 23.6 Å². The molecule has 2 aromatic rings. The van der Waals surface area contributed by atoms with E-state index in [9.17, 15) is 0 Å². The second-order valence-electron chi connectivity index (χ2n) is 6.28. The molecule has 2 rings (SSSR count). The van der Waals surface area contributed by atoms with Gasteiger partial charge in [0.05, 0.1) is 0 Å². The molecule has 1 nitrogen and oxygen atoms in total. The molecule has 0 aliphatic rings. The standard InChI is InChI=1S/C21H30OSi/c1-22-23-18-12-4-2-3-11-17-21(19-13-7-5-8-14-19)20-15-9-6-10-16-20/h5-10,13-16,21H,2-4,11-12,17-18,23H2,1H3. The summed E-state index contributed by atoms with van der Waals surface area (Å²) in [4.78, 5) is 0. The molecule has 23 heavy (non-hydrogen) atoms. The molecule has 0 saturated carbocycles. The summed E-state index contributed by atoms with van der Waals surface area (Å²) in [6.45, 7) is 0. The minimum absolute atomic E-state index is 0.201. The molecule has 2 aromatic carbocycles. The van der Waals surface area contributed by atoms with Crippen LogP contribution in [0.5, 0.6) is 0 Å². The molecule has 0 bridgehead atoms. The van der Waals surface area contributed by atoms with Crippen LogP contribution < -0.4 is 0 Å². The van der Waals surface area contributed by atoms with Crippen molar-refractivity contribution in [2.45, 2.75) is 50.5 Å². The number of hydrogen-bond acceptors (Lipinski definition) is 1. The molecule has 0 saturated heterocycles. The van der Waals surface area contributed by atoms with E-state index in [1.807, 2.05) is 7.11 Å².